The van der Waals surface area contributed by atoms with Crippen LogP contribution in [0.1, 0.15) is 48.8 Å². The van der Waals surface area contributed by atoms with Crippen molar-refractivity contribution in [1.82, 2.24) is 9.55 Å². The second-order valence-corrected chi connectivity index (χ2v) is 10.4. The number of aromatic nitrogens is 2. The molecule has 2 heterocycles. The first-order chi connectivity index (χ1) is 17.7. The molecule has 3 aromatic carbocycles. The molecule has 0 saturated heterocycles. The van der Waals surface area contributed by atoms with Gasteiger partial charge in [0.2, 0.25) is 0 Å². The summed E-state index contributed by atoms with van der Waals surface area (Å²) in [7, 11) is 0. The second-order valence-electron chi connectivity index (χ2n) is 9.97. The van der Waals surface area contributed by atoms with Crippen molar-refractivity contribution in [2.24, 2.45) is 21.4 Å². The van der Waals surface area contributed by atoms with E-state index in [2.05, 4.69) is 80.7 Å². The van der Waals surface area contributed by atoms with Crippen molar-refractivity contribution in [2.45, 2.75) is 51.5 Å². The molecule has 1 fully saturated rings. The Labute approximate surface area is 216 Å². The summed E-state index contributed by atoms with van der Waals surface area (Å²) in [5.41, 5.74) is 8.01. The fraction of sp³-hybridized carbons (Fsp3) is 0.333. The number of fused-ring (bicyclic) bond motifs is 1. The molecule has 5 nitrogen and oxygen atoms in total. The average molecular weight is 496 g/mol. The second kappa shape index (κ2) is 10.4. The minimum atomic E-state index is 0.563. The summed E-state index contributed by atoms with van der Waals surface area (Å²) < 4.78 is 2.46. The van der Waals surface area contributed by atoms with Gasteiger partial charge in [-0.25, -0.2) is 4.98 Å². The fourth-order valence-corrected chi connectivity index (χ4v) is 5.78. The molecule has 0 N–H and O–H groups in total. The zero-order chi connectivity index (χ0) is 24.3. The average Bonchev–Trinajstić information content (AvgIpc) is 3.58. The van der Waals surface area contributed by atoms with Gasteiger partial charge in [-0.2, -0.15) is 5.11 Å². The van der Waals surface area contributed by atoms with Gasteiger partial charge in [-0.15, -0.1) is 5.10 Å². The summed E-state index contributed by atoms with van der Waals surface area (Å²) in [5, 5.41) is 12.6. The molecule has 4 aromatic rings. The minimum Gasteiger partial charge on any atom is -0.324 e. The summed E-state index contributed by atoms with van der Waals surface area (Å²) in [4.78, 5) is 5.14. The van der Waals surface area contributed by atoms with E-state index in [0.29, 0.717) is 6.54 Å². The van der Waals surface area contributed by atoms with Crippen molar-refractivity contribution in [3.63, 3.8) is 0 Å². The number of para-hydroxylation sites is 2. The van der Waals surface area contributed by atoms with Crippen LogP contribution in [0.25, 0.3) is 22.4 Å². The quantitative estimate of drug-likeness (QED) is 0.257. The highest BCUT2D eigenvalue weighted by atomic mass is 35.5. The molecule has 6 heteroatoms. The third-order valence-corrected chi connectivity index (χ3v) is 7.78. The van der Waals surface area contributed by atoms with Gasteiger partial charge in [0, 0.05) is 17.1 Å². The molecule has 1 aliphatic carbocycles. The predicted molar refractivity (Wildman–Crippen MR) is 147 cm³/mol. The van der Waals surface area contributed by atoms with Crippen LogP contribution in [-0.2, 0) is 19.4 Å². The van der Waals surface area contributed by atoms with Crippen LogP contribution >= 0.6 is 11.6 Å². The first-order valence-electron chi connectivity index (χ1n) is 13.0. The molecular formula is C30H30ClN5. The number of nitrogens with zero attached hydrogens (tertiary/aromatic N) is 5. The van der Waals surface area contributed by atoms with Crippen molar-refractivity contribution in [1.29, 1.82) is 0 Å². The van der Waals surface area contributed by atoms with E-state index < -0.39 is 0 Å². The van der Waals surface area contributed by atoms with E-state index in [1.54, 1.807) is 0 Å². The maximum atomic E-state index is 6.50. The van der Waals surface area contributed by atoms with E-state index in [-0.39, 0.29) is 0 Å². The Morgan fingerprint density at radius 2 is 1.72 bits per heavy atom. The van der Waals surface area contributed by atoms with Crippen LogP contribution in [0.3, 0.4) is 0 Å². The van der Waals surface area contributed by atoms with E-state index in [4.69, 9.17) is 16.6 Å². The highest BCUT2D eigenvalue weighted by Gasteiger charge is 2.20. The van der Waals surface area contributed by atoms with Crippen molar-refractivity contribution in [3.05, 3.63) is 88.4 Å². The monoisotopic (exact) mass is 495 g/mol. The topological polar surface area (TPSA) is 54.9 Å². The molecule has 0 unspecified atom stereocenters. The van der Waals surface area contributed by atoms with Gasteiger partial charge in [0.15, 0.2) is 0 Å². The van der Waals surface area contributed by atoms with Crippen molar-refractivity contribution < 1.29 is 0 Å². The Balaban J connectivity index is 1.30. The van der Waals surface area contributed by atoms with Crippen molar-refractivity contribution in [3.8, 4) is 11.4 Å². The molecule has 2 aliphatic rings. The Hall–Kier alpha value is -3.31. The lowest BCUT2D eigenvalue weighted by molar-refractivity contribution is 0.323. The molecule has 1 saturated carbocycles. The SMILES string of the molecule is Clc1ccc(-c2nc3ccccc3n2CC2CCCCC2)c(CCc2ccc(C3=NN=NC3)cc2)c1. The molecule has 1 aromatic heterocycles. The lowest BCUT2D eigenvalue weighted by atomic mass is 9.89. The van der Waals surface area contributed by atoms with Crippen molar-refractivity contribution >= 4 is 28.3 Å². The van der Waals surface area contributed by atoms with Gasteiger partial charge in [-0.3, -0.25) is 0 Å². The Kier molecular flexibility index (Phi) is 6.65. The lowest BCUT2D eigenvalue weighted by Gasteiger charge is -2.23. The van der Waals surface area contributed by atoms with E-state index in [1.807, 2.05) is 6.07 Å². The summed E-state index contributed by atoms with van der Waals surface area (Å²) in [6, 6.07) is 23.4. The van der Waals surface area contributed by atoms with E-state index in [9.17, 15) is 0 Å². The van der Waals surface area contributed by atoms with E-state index in [0.717, 1.165) is 52.9 Å². The van der Waals surface area contributed by atoms with E-state index in [1.165, 1.54) is 54.3 Å². The third kappa shape index (κ3) is 4.85. The zero-order valence-electron chi connectivity index (χ0n) is 20.4. The molecular weight excluding hydrogens is 466 g/mol. The summed E-state index contributed by atoms with van der Waals surface area (Å²) >= 11 is 6.50. The molecule has 0 bridgehead atoms. The molecule has 0 atom stereocenters. The van der Waals surface area contributed by atoms with Crippen LogP contribution < -0.4 is 0 Å². The fourth-order valence-electron chi connectivity index (χ4n) is 5.59. The van der Waals surface area contributed by atoms with Crippen LogP contribution in [0.15, 0.2) is 82.2 Å². The number of halogens is 1. The third-order valence-electron chi connectivity index (χ3n) is 7.55. The van der Waals surface area contributed by atoms with Crippen LogP contribution in [-0.4, -0.2) is 21.8 Å². The molecule has 0 amide bonds. The van der Waals surface area contributed by atoms with Crippen LogP contribution in [0.4, 0.5) is 0 Å². The molecule has 1 aliphatic heterocycles. The Bertz CT molecular complexity index is 1430. The van der Waals surface area contributed by atoms with Gasteiger partial charge in [0.25, 0.3) is 0 Å². The lowest BCUT2D eigenvalue weighted by Crippen LogP contribution is -2.15. The first-order valence-corrected chi connectivity index (χ1v) is 13.4. The molecule has 6 rings (SSSR count). The Morgan fingerprint density at radius 3 is 2.53 bits per heavy atom. The van der Waals surface area contributed by atoms with Gasteiger partial charge in [0.1, 0.15) is 12.4 Å². The van der Waals surface area contributed by atoms with E-state index >= 15 is 0 Å². The predicted octanol–water partition coefficient (Wildman–Crippen LogP) is 7.89. The number of imidazole rings is 1. The summed E-state index contributed by atoms with van der Waals surface area (Å²) in [6.45, 7) is 1.59. The molecule has 0 spiro atoms. The summed E-state index contributed by atoms with van der Waals surface area (Å²) in [6.07, 6.45) is 8.50. The van der Waals surface area contributed by atoms with Gasteiger partial charge >= 0.3 is 0 Å². The Morgan fingerprint density at radius 1 is 0.889 bits per heavy atom. The molecule has 36 heavy (non-hydrogen) atoms. The maximum absolute atomic E-state index is 6.50. The van der Waals surface area contributed by atoms with Crippen molar-refractivity contribution in [2.75, 3.05) is 6.54 Å². The van der Waals surface area contributed by atoms with Gasteiger partial charge < -0.3 is 4.57 Å². The number of hydrogen-bond donors (Lipinski definition) is 0. The number of benzene rings is 3. The highest BCUT2D eigenvalue weighted by Crippen LogP contribution is 2.33. The molecule has 0 radical (unpaired) electrons. The minimum absolute atomic E-state index is 0.563. The van der Waals surface area contributed by atoms with Crippen LogP contribution in [0.5, 0.6) is 0 Å². The largest absolute Gasteiger partial charge is 0.324 e. The van der Waals surface area contributed by atoms with Gasteiger partial charge in [0.05, 0.1) is 16.7 Å². The molecule has 182 valence electrons. The van der Waals surface area contributed by atoms with Crippen LogP contribution in [0, 0.1) is 5.92 Å². The van der Waals surface area contributed by atoms with Gasteiger partial charge in [-0.1, -0.05) is 67.3 Å². The first kappa shape index (κ1) is 23.1. The summed E-state index contributed by atoms with van der Waals surface area (Å²) in [5.74, 6) is 1.78. The van der Waals surface area contributed by atoms with Crippen LogP contribution in [0.2, 0.25) is 5.02 Å². The highest BCUT2D eigenvalue weighted by molar-refractivity contribution is 6.30. The number of aryl methyl sites for hydroxylation is 2. The standard InChI is InChI=1S/C30H30ClN5/c31-25-16-17-26(24(18-25)15-12-21-10-13-23(14-11-21)28-19-32-35-34-28)30-33-27-8-4-5-9-29(27)36(30)20-22-6-2-1-3-7-22/h4-5,8-11,13-14,16-18,22H,1-3,6-7,12,15,19-20H2. The number of rotatable bonds is 7. The maximum Gasteiger partial charge on any atom is 0.141 e. The normalized spacial score (nSPS) is 16.1. The van der Waals surface area contributed by atoms with Gasteiger partial charge in [-0.05, 0) is 83.8 Å². The zero-order valence-corrected chi connectivity index (χ0v) is 21.2. The number of hydrogen-bond acceptors (Lipinski definition) is 4. The smallest absolute Gasteiger partial charge is 0.141 e.